The van der Waals surface area contributed by atoms with Gasteiger partial charge in [0.1, 0.15) is 0 Å². The molecule has 0 fully saturated rings. The second-order valence-electron chi connectivity index (χ2n) is 2.22. The molecule has 0 amide bonds. The van der Waals surface area contributed by atoms with Gasteiger partial charge in [-0.1, -0.05) is 29.8 Å². The molecule has 0 aliphatic carbocycles. The highest BCUT2D eigenvalue weighted by atomic mass is 79.9. The average Bonchev–Trinajstić information content (AvgIpc) is 2.09. The summed E-state index contributed by atoms with van der Waals surface area (Å²) in [6, 6.07) is 7.96. The lowest BCUT2D eigenvalue weighted by atomic mass is 10.3. The molecule has 0 spiro atoms. The zero-order valence-corrected chi connectivity index (χ0v) is 8.77. The third-order valence-electron chi connectivity index (χ3n) is 1.37. The Morgan fingerprint density at radius 2 is 2.17 bits per heavy atom. The largest absolute Gasteiger partial charge is 0.381 e. The van der Waals surface area contributed by atoms with Crippen molar-refractivity contribution in [3.8, 4) is 0 Å². The molecule has 1 aromatic rings. The van der Waals surface area contributed by atoms with Crippen molar-refractivity contribution in [2.75, 3.05) is 11.9 Å². The molecule has 0 saturated heterocycles. The van der Waals surface area contributed by atoms with Crippen molar-refractivity contribution in [2.45, 2.75) is 0 Å². The Labute approximate surface area is 85.6 Å². The molecule has 0 aromatic heterocycles. The van der Waals surface area contributed by atoms with E-state index >= 15 is 0 Å². The predicted octanol–water partition coefficient (Wildman–Crippen LogP) is 3.61. The van der Waals surface area contributed by atoms with Crippen LogP contribution in [-0.2, 0) is 0 Å². The van der Waals surface area contributed by atoms with Gasteiger partial charge in [0.05, 0.1) is 0 Å². The first kappa shape index (κ1) is 9.62. The third-order valence-corrected chi connectivity index (χ3v) is 2.24. The second-order valence-corrected chi connectivity index (χ2v) is 3.33. The first-order valence-electron chi connectivity index (χ1n) is 3.58. The zero-order chi connectivity index (χ0) is 8.81. The van der Waals surface area contributed by atoms with Crippen molar-refractivity contribution in [1.82, 2.24) is 0 Å². The van der Waals surface area contributed by atoms with Crippen LogP contribution in [0.25, 0.3) is 0 Å². The van der Waals surface area contributed by atoms with E-state index in [4.69, 9.17) is 11.6 Å². The number of benzene rings is 1. The summed E-state index contributed by atoms with van der Waals surface area (Å²) in [6.07, 6.45) is 1.85. The number of anilines is 1. The van der Waals surface area contributed by atoms with E-state index in [0.717, 1.165) is 16.7 Å². The maximum atomic E-state index is 5.38. The molecule has 0 heterocycles. The smallest absolute Gasteiger partial charge is 0.0487 e. The highest BCUT2D eigenvalue weighted by molar-refractivity contribution is 9.10. The van der Waals surface area contributed by atoms with Gasteiger partial charge in [-0.25, -0.2) is 0 Å². The lowest BCUT2D eigenvalue weighted by molar-refractivity contribution is 1.33. The molecule has 0 aliphatic heterocycles. The zero-order valence-electron chi connectivity index (χ0n) is 6.43. The molecule has 0 atom stereocenters. The van der Waals surface area contributed by atoms with E-state index in [9.17, 15) is 0 Å². The topological polar surface area (TPSA) is 12.0 Å². The number of rotatable bonds is 3. The highest BCUT2D eigenvalue weighted by Gasteiger charge is 1.93. The standard InChI is InChI=1S/C9H9BrClN/c10-8-4-1-2-5-9(8)12-7-3-6-11/h1-6,12H,7H2/b6-3+. The summed E-state index contributed by atoms with van der Waals surface area (Å²) in [5, 5.41) is 3.20. The van der Waals surface area contributed by atoms with Crippen LogP contribution in [0, 0.1) is 0 Å². The van der Waals surface area contributed by atoms with Gasteiger partial charge in [-0.2, -0.15) is 0 Å². The van der Waals surface area contributed by atoms with Gasteiger partial charge < -0.3 is 5.32 Å². The SMILES string of the molecule is Cl/C=C/CNc1ccccc1Br. The maximum Gasteiger partial charge on any atom is 0.0487 e. The van der Waals surface area contributed by atoms with E-state index in [1.165, 1.54) is 5.54 Å². The normalized spacial score (nSPS) is 10.5. The quantitative estimate of drug-likeness (QED) is 0.859. The molecule has 1 N–H and O–H groups in total. The fraction of sp³-hybridized carbons (Fsp3) is 0.111. The Balaban J connectivity index is 2.57. The van der Waals surface area contributed by atoms with E-state index in [0.29, 0.717) is 0 Å². The first-order chi connectivity index (χ1) is 5.84. The summed E-state index contributed by atoms with van der Waals surface area (Å²) in [4.78, 5) is 0. The van der Waals surface area contributed by atoms with Crippen molar-refractivity contribution in [1.29, 1.82) is 0 Å². The van der Waals surface area contributed by atoms with E-state index in [-0.39, 0.29) is 0 Å². The molecule has 0 radical (unpaired) electrons. The van der Waals surface area contributed by atoms with Crippen molar-refractivity contribution in [3.63, 3.8) is 0 Å². The van der Waals surface area contributed by atoms with E-state index in [1.807, 2.05) is 30.3 Å². The Morgan fingerprint density at radius 1 is 1.42 bits per heavy atom. The number of hydrogen-bond acceptors (Lipinski definition) is 1. The van der Waals surface area contributed by atoms with Crippen LogP contribution in [0.15, 0.2) is 40.3 Å². The van der Waals surface area contributed by atoms with Gasteiger partial charge in [-0.3, -0.25) is 0 Å². The third kappa shape index (κ3) is 2.88. The van der Waals surface area contributed by atoms with E-state index in [1.54, 1.807) is 0 Å². The van der Waals surface area contributed by atoms with Gasteiger partial charge in [0.15, 0.2) is 0 Å². The van der Waals surface area contributed by atoms with Gasteiger partial charge in [0.2, 0.25) is 0 Å². The van der Waals surface area contributed by atoms with Gasteiger partial charge in [-0.05, 0) is 28.1 Å². The lowest BCUT2D eigenvalue weighted by Gasteiger charge is -2.04. The monoisotopic (exact) mass is 245 g/mol. The van der Waals surface area contributed by atoms with Crippen molar-refractivity contribution >= 4 is 33.2 Å². The van der Waals surface area contributed by atoms with Crippen molar-refractivity contribution in [3.05, 3.63) is 40.3 Å². The second kappa shape index (κ2) is 5.22. The Bertz CT molecular complexity index is 273. The molecule has 0 unspecified atom stereocenters. The average molecular weight is 247 g/mol. The van der Waals surface area contributed by atoms with Crippen LogP contribution in [0.4, 0.5) is 5.69 Å². The highest BCUT2D eigenvalue weighted by Crippen LogP contribution is 2.20. The molecule has 0 saturated carbocycles. The minimum absolute atomic E-state index is 0.742. The minimum atomic E-state index is 0.742. The number of para-hydroxylation sites is 1. The summed E-state index contributed by atoms with van der Waals surface area (Å²) in [7, 11) is 0. The van der Waals surface area contributed by atoms with Gasteiger partial charge in [-0.15, -0.1) is 0 Å². The van der Waals surface area contributed by atoms with Gasteiger partial charge in [0, 0.05) is 22.2 Å². The molecular formula is C9H9BrClN. The lowest BCUT2D eigenvalue weighted by Crippen LogP contribution is -1.97. The molecule has 0 aliphatic rings. The molecule has 0 bridgehead atoms. The first-order valence-corrected chi connectivity index (χ1v) is 4.81. The maximum absolute atomic E-state index is 5.38. The van der Waals surface area contributed by atoms with E-state index in [2.05, 4.69) is 21.2 Å². The molecule has 1 nitrogen and oxygen atoms in total. The molecule has 1 aromatic carbocycles. The molecule has 3 heteroatoms. The molecule has 64 valence electrons. The predicted molar refractivity (Wildman–Crippen MR) is 57.6 cm³/mol. The molecular weight excluding hydrogens is 237 g/mol. The fourth-order valence-corrected chi connectivity index (χ4v) is 1.33. The summed E-state index contributed by atoms with van der Waals surface area (Å²) in [6.45, 7) is 0.742. The Kier molecular flexibility index (Phi) is 4.19. The van der Waals surface area contributed by atoms with Gasteiger partial charge >= 0.3 is 0 Å². The van der Waals surface area contributed by atoms with E-state index < -0.39 is 0 Å². The summed E-state index contributed by atoms with van der Waals surface area (Å²) in [5.41, 5.74) is 2.58. The van der Waals surface area contributed by atoms with Crippen molar-refractivity contribution < 1.29 is 0 Å². The summed E-state index contributed by atoms with van der Waals surface area (Å²) >= 11 is 8.80. The van der Waals surface area contributed by atoms with Crippen LogP contribution in [-0.4, -0.2) is 6.54 Å². The van der Waals surface area contributed by atoms with Crippen LogP contribution in [0.3, 0.4) is 0 Å². The molecule has 1 rings (SSSR count). The molecule has 12 heavy (non-hydrogen) atoms. The number of nitrogens with one attached hydrogen (secondary N) is 1. The van der Waals surface area contributed by atoms with Crippen LogP contribution in [0.5, 0.6) is 0 Å². The van der Waals surface area contributed by atoms with Crippen LogP contribution < -0.4 is 5.32 Å². The minimum Gasteiger partial charge on any atom is -0.381 e. The number of halogens is 2. The fourth-order valence-electron chi connectivity index (χ4n) is 0.818. The Hall–Kier alpha value is -0.470. The van der Waals surface area contributed by atoms with Crippen LogP contribution in [0.2, 0.25) is 0 Å². The Morgan fingerprint density at radius 3 is 2.83 bits per heavy atom. The van der Waals surface area contributed by atoms with Crippen molar-refractivity contribution in [2.24, 2.45) is 0 Å². The number of hydrogen-bond donors (Lipinski definition) is 1. The van der Waals surface area contributed by atoms with Gasteiger partial charge in [0.25, 0.3) is 0 Å². The van der Waals surface area contributed by atoms with Crippen LogP contribution >= 0.6 is 27.5 Å². The summed E-state index contributed by atoms with van der Waals surface area (Å²) in [5.74, 6) is 0. The van der Waals surface area contributed by atoms with Crippen LogP contribution in [0.1, 0.15) is 0 Å². The summed E-state index contributed by atoms with van der Waals surface area (Å²) < 4.78 is 1.06.